The van der Waals surface area contributed by atoms with E-state index in [1.165, 1.54) is 12.1 Å². The van der Waals surface area contributed by atoms with Gasteiger partial charge in [-0.05, 0) is 43.3 Å². The molecule has 24 heavy (non-hydrogen) atoms. The fourth-order valence-electron chi connectivity index (χ4n) is 2.30. The van der Waals surface area contributed by atoms with Crippen LogP contribution in [0.5, 0.6) is 0 Å². The van der Waals surface area contributed by atoms with Gasteiger partial charge >= 0.3 is 0 Å². The second kappa shape index (κ2) is 6.67. The van der Waals surface area contributed by atoms with E-state index in [0.717, 1.165) is 0 Å². The number of carbonyl (C=O) groups is 1. The molecule has 3 nitrogen and oxygen atoms in total. The van der Waals surface area contributed by atoms with Gasteiger partial charge in [0.15, 0.2) is 0 Å². The number of hydrogen-bond donors (Lipinski definition) is 1. The Hall–Kier alpha value is -2.30. The molecule has 3 rings (SSSR count). The van der Waals surface area contributed by atoms with Gasteiger partial charge in [-0.3, -0.25) is 4.79 Å². The lowest BCUT2D eigenvalue weighted by Gasteiger charge is -2.04. The highest BCUT2D eigenvalue weighted by Gasteiger charge is 2.17. The molecule has 0 aliphatic rings. The maximum absolute atomic E-state index is 13.7. The van der Waals surface area contributed by atoms with Crippen LogP contribution in [-0.4, -0.2) is 5.91 Å². The van der Waals surface area contributed by atoms with Crippen molar-refractivity contribution in [1.82, 2.24) is 0 Å². The monoisotopic (exact) mass is 363 g/mol. The van der Waals surface area contributed by atoms with E-state index in [0.29, 0.717) is 32.7 Å². The second-order valence-electron chi connectivity index (χ2n) is 5.17. The summed E-state index contributed by atoms with van der Waals surface area (Å²) in [7, 11) is 0. The van der Waals surface area contributed by atoms with E-state index < -0.39 is 11.7 Å². The first-order valence-electron chi connectivity index (χ1n) is 7.07. The molecule has 1 amide bonds. The van der Waals surface area contributed by atoms with Gasteiger partial charge in [-0.25, -0.2) is 4.39 Å². The summed E-state index contributed by atoms with van der Waals surface area (Å²) in [6, 6.07) is 12.5. The van der Waals surface area contributed by atoms with E-state index in [4.69, 9.17) is 27.6 Å². The lowest BCUT2D eigenvalue weighted by molar-refractivity contribution is 0.102. The molecule has 0 radical (unpaired) electrons. The summed E-state index contributed by atoms with van der Waals surface area (Å²) in [5.41, 5.74) is 1.07. The van der Waals surface area contributed by atoms with Gasteiger partial charge in [0.05, 0.1) is 11.3 Å². The minimum absolute atomic E-state index is 0.107. The summed E-state index contributed by atoms with van der Waals surface area (Å²) in [5, 5.41) is 3.45. The predicted molar refractivity (Wildman–Crippen MR) is 93.3 cm³/mol. The van der Waals surface area contributed by atoms with Gasteiger partial charge in [0.1, 0.15) is 17.3 Å². The first-order valence-corrected chi connectivity index (χ1v) is 7.82. The molecular formula is C18H12Cl2FNO2. The van der Waals surface area contributed by atoms with Crippen LogP contribution in [0.4, 0.5) is 10.1 Å². The Labute approximate surface area is 148 Å². The van der Waals surface area contributed by atoms with Crippen LogP contribution in [0.15, 0.2) is 52.9 Å². The van der Waals surface area contributed by atoms with Crippen molar-refractivity contribution in [3.63, 3.8) is 0 Å². The van der Waals surface area contributed by atoms with E-state index >= 15 is 0 Å². The molecule has 2 aromatic carbocycles. The number of amides is 1. The molecule has 0 saturated carbocycles. The Bertz CT molecular complexity index is 901. The Morgan fingerprint density at radius 1 is 1.08 bits per heavy atom. The lowest BCUT2D eigenvalue weighted by atomic mass is 10.1. The molecule has 0 saturated heterocycles. The van der Waals surface area contributed by atoms with Gasteiger partial charge < -0.3 is 9.73 Å². The van der Waals surface area contributed by atoms with E-state index in [1.54, 1.807) is 43.3 Å². The fraction of sp³-hybridized carbons (Fsp3) is 0.0556. The van der Waals surface area contributed by atoms with Crippen molar-refractivity contribution >= 4 is 34.8 Å². The molecule has 122 valence electrons. The zero-order chi connectivity index (χ0) is 17.3. The highest BCUT2D eigenvalue weighted by atomic mass is 35.5. The first kappa shape index (κ1) is 16.6. The maximum Gasteiger partial charge on any atom is 0.259 e. The molecule has 0 unspecified atom stereocenters. The maximum atomic E-state index is 13.7. The van der Waals surface area contributed by atoms with Gasteiger partial charge in [0, 0.05) is 15.6 Å². The largest absolute Gasteiger partial charge is 0.461 e. The van der Waals surface area contributed by atoms with Crippen LogP contribution in [-0.2, 0) is 0 Å². The molecule has 1 N–H and O–H groups in total. The van der Waals surface area contributed by atoms with Crippen molar-refractivity contribution in [2.45, 2.75) is 6.92 Å². The number of benzene rings is 2. The molecule has 1 aromatic heterocycles. The summed E-state index contributed by atoms with van der Waals surface area (Å²) in [5.74, 6) is -0.0971. The average Bonchev–Trinajstić information content (AvgIpc) is 2.91. The minimum atomic E-state index is -0.506. The number of halogens is 3. The van der Waals surface area contributed by atoms with Crippen LogP contribution in [0.1, 0.15) is 16.1 Å². The molecule has 0 atom stereocenters. The Morgan fingerprint density at radius 3 is 2.42 bits per heavy atom. The van der Waals surface area contributed by atoms with Crippen LogP contribution in [0, 0.1) is 12.7 Å². The smallest absolute Gasteiger partial charge is 0.259 e. The lowest BCUT2D eigenvalue weighted by Crippen LogP contribution is -2.13. The number of hydrogen-bond acceptors (Lipinski definition) is 2. The van der Waals surface area contributed by atoms with E-state index in [1.807, 2.05) is 0 Å². The van der Waals surface area contributed by atoms with Crippen molar-refractivity contribution in [3.05, 3.63) is 75.7 Å². The van der Waals surface area contributed by atoms with E-state index in [2.05, 4.69) is 5.32 Å². The van der Waals surface area contributed by atoms with Crippen LogP contribution in [0.2, 0.25) is 10.0 Å². The standard InChI is InChI=1S/C18H12Cl2FNO2/c1-10-14(18(23)22-16-5-3-2-4-15(16)21)9-17(24-10)11-6-12(19)8-13(20)7-11/h2-9H,1H3,(H,22,23). The average molecular weight is 364 g/mol. The zero-order valence-corrected chi connectivity index (χ0v) is 14.1. The van der Waals surface area contributed by atoms with Crippen molar-refractivity contribution in [1.29, 1.82) is 0 Å². The zero-order valence-electron chi connectivity index (χ0n) is 12.6. The highest BCUT2D eigenvalue weighted by Crippen LogP contribution is 2.30. The number of rotatable bonds is 3. The molecule has 0 bridgehead atoms. The number of para-hydroxylation sites is 1. The third-order valence-electron chi connectivity index (χ3n) is 3.43. The molecule has 1 heterocycles. The van der Waals surface area contributed by atoms with E-state index in [-0.39, 0.29) is 5.69 Å². The molecule has 0 fully saturated rings. The minimum Gasteiger partial charge on any atom is -0.461 e. The van der Waals surface area contributed by atoms with Crippen molar-refractivity contribution in [2.75, 3.05) is 5.32 Å². The number of anilines is 1. The molecule has 0 spiro atoms. The summed E-state index contributed by atoms with van der Waals surface area (Å²) >= 11 is 12.0. The molecule has 6 heteroatoms. The van der Waals surface area contributed by atoms with Crippen LogP contribution < -0.4 is 5.32 Å². The number of nitrogens with one attached hydrogen (secondary N) is 1. The van der Waals surface area contributed by atoms with Crippen LogP contribution in [0.25, 0.3) is 11.3 Å². The van der Waals surface area contributed by atoms with E-state index in [9.17, 15) is 9.18 Å². The van der Waals surface area contributed by atoms with Gasteiger partial charge in [-0.1, -0.05) is 35.3 Å². The van der Waals surface area contributed by atoms with Crippen LogP contribution in [0.3, 0.4) is 0 Å². The topological polar surface area (TPSA) is 42.2 Å². The summed E-state index contributed by atoms with van der Waals surface area (Å²) < 4.78 is 19.3. The summed E-state index contributed by atoms with van der Waals surface area (Å²) in [4.78, 5) is 12.4. The van der Waals surface area contributed by atoms with Gasteiger partial charge in [0.2, 0.25) is 0 Å². The third-order valence-corrected chi connectivity index (χ3v) is 3.87. The van der Waals surface area contributed by atoms with Crippen molar-refractivity contribution in [2.24, 2.45) is 0 Å². The summed E-state index contributed by atoms with van der Waals surface area (Å²) in [6.07, 6.45) is 0. The second-order valence-corrected chi connectivity index (χ2v) is 6.05. The molecule has 0 aliphatic carbocycles. The Balaban J connectivity index is 1.91. The Kier molecular flexibility index (Phi) is 4.60. The van der Waals surface area contributed by atoms with Gasteiger partial charge in [-0.2, -0.15) is 0 Å². The van der Waals surface area contributed by atoms with Crippen molar-refractivity contribution in [3.8, 4) is 11.3 Å². The fourth-order valence-corrected chi connectivity index (χ4v) is 2.82. The predicted octanol–water partition coefficient (Wildman–Crippen LogP) is 5.95. The number of furan rings is 1. The molecular weight excluding hydrogens is 352 g/mol. The van der Waals surface area contributed by atoms with Gasteiger partial charge in [-0.15, -0.1) is 0 Å². The van der Waals surface area contributed by atoms with Gasteiger partial charge in [0.25, 0.3) is 5.91 Å². The number of carbonyl (C=O) groups excluding carboxylic acids is 1. The molecule has 0 aliphatic heterocycles. The Morgan fingerprint density at radius 2 is 1.75 bits per heavy atom. The summed E-state index contributed by atoms with van der Waals surface area (Å²) in [6.45, 7) is 1.66. The SMILES string of the molecule is Cc1oc(-c2cc(Cl)cc(Cl)c2)cc1C(=O)Nc1ccccc1F. The number of aryl methyl sites for hydroxylation is 1. The quantitative estimate of drug-likeness (QED) is 0.624. The normalized spacial score (nSPS) is 10.7. The first-order chi connectivity index (χ1) is 11.4. The molecule has 3 aromatic rings. The third kappa shape index (κ3) is 3.45. The van der Waals surface area contributed by atoms with Crippen LogP contribution >= 0.6 is 23.2 Å². The highest BCUT2D eigenvalue weighted by molar-refractivity contribution is 6.35. The van der Waals surface area contributed by atoms with Crippen molar-refractivity contribution < 1.29 is 13.6 Å².